The first kappa shape index (κ1) is 14.5. The van der Waals surface area contributed by atoms with Crippen LogP contribution in [0.25, 0.3) is 0 Å². The Balaban J connectivity index is 1.56. The van der Waals surface area contributed by atoms with Gasteiger partial charge in [-0.3, -0.25) is 0 Å². The molecule has 2 nitrogen and oxygen atoms in total. The molecule has 1 heterocycles. The third-order valence-corrected chi connectivity index (χ3v) is 5.55. The zero-order valence-electron chi connectivity index (χ0n) is 11.0. The van der Waals surface area contributed by atoms with Crippen LogP contribution in [0.5, 0.6) is 0 Å². The first-order valence-electron chi connectivity index (χ1n) is 6.90. The molecule has 2 rings (SSSR count). The van der Waals surface area contributed by atoms with Crippen LogP contribution in [0.3, 0.4) is 0 Å². The molecular formula is C14H23BrN2S. The van der Waals surface area contributed by atoms with Gasteiger partial charge in [0.05, 0.1) is 3.79 Å². The van der Waals surface area contributed by atoms with Crippen LogP contribution in [-0.4, -0.2) is 26.2 Å². The number of hydrogen-bond acceptors (Lipinski definition) is 3. The summed E-state index contributed by atoms with van der Waals surface area (Å²) in [5.74, 6) is 0.893. The van der Waals surface area contributed by atoms with E-state index >= 15 is 0 Å². The molecule has 0 radical (unpaired) electrons. The Hall–Kier alpha value is 0.1000. The van der Waals surface area contributed by atoms with E-state index in [9.17, 15) is 0 Å². The lowest BCUT2D eigenvalue weighted by Crippen LogP contribution is -2.34. The molecule has 18 heavy (non-hydrogen) atoms. The Bertz CT molecular complexity index is 345. The minimum atomic E-state index is 0.768. The molecule has 102 valence electrons. The first-order chi connectivity index (χ1) is 8.78. The molecule has 0 aliphatic heterocycles. The minimum absolute atomic E-state index is 0.768. The zero-order valence-corrected chi connectivity index (χ0v) is 13.4. The van der Waals surface area contributed by atoms with Crippen LogP contribution in [0.1, 0.15) is 30.6 Å². The van der Waals surface area contributed by atoms with Crippen LogP contribution < -0.4 is 10.6 Å². The highest BCUT2D eigenvalue weighted by molar-refractivity contribution is 9.11. The molecule has 1 fully saturated rings. The van der Waals surface area contributed by atoms with Gasteiger partial charge in [0.2, 0.25) is 0 Å². The second-order valence-electron chi connectivity index (χ2n) is 5.17. The number of hydrogen-bond donors (Lipinski definition) is 2. The average molecular weight is 331 g/mol. The molecule has 0 unspecified atom stereocenters. The van der Waals surface area contributed by atoms with E-state index in [1.54, 1.807) is 0 Å². The Morgan fingerprint density at radius 2 is 2.06 bits per heavy atom. The maximum atomic E-state index is 3.62. The van der Waals surface area contributed by atoms with Crippen LogP contribution in [0, 0.1) is 5.92 Å². The van der Waals surface area contributed by atoms with E-state index in [2.05, 4.69) is 45.7 Å². The SMILES string of the molecule is CNC1CCC(CNCCc2ccc(Br)s2)CC1. The van der Waals surface area contributed by atoms with Crippen molar-refractivity contribution in [2.24, 2.45) is 5.92 Å². The normalized spacial score (nSPS) is 24.3. The molecule has 0 atom stereocenters. The maximum absolute atomic E-state index is 3.62. The summed E-state index contributed by atoms with van der Waals surface area (Å²) in [6, 6.07) is 5.12. The van der Waals surface area contributed by atoms with Gasteiger partial charge in [-0.15, -0.1) is 11.3 Å². The van der Waals surface area contributed by atoms with Crippen molar-refractivity contribution in [3.63, 3.8) is 0 Å². The maximum Gasteiger partial charge on any atom is 0.0701 e. The smallest absolute Gasteiger partial charge is 0.0701 e. The van der Waals surface area contributed by atoms with E-state index in [0.717, 1.165) is 24.9 Å². The number of nitrogens with one attached hydrogen (secondary N) is 2. The molecule has 1 saturated carbocycles. The van der Waals surface area contributed by atoms with Crippen LogP contribution in [0.2, 0.25) is 0 Å². The van der Waals surface area contributed by atoms with Gasteiger partial charge in [0.15, 0.2) is 0 Å². The molecule has 1 aromatic heterocycles. The monoisotopic (exact) mass is 330 g/mol. The third kappa shape index (κ3) is 4.65. The van der Waals surface area contributed by atoms with Gasteiger partial charge in [0.25, 0.3) is 0 Å². The summed E-state index contributed by atoms with van der Waals surface area (Å²) in [7, 11) is 2.09. The number of halogens is 1. The lowest BCUT2D eigenvalue weighted by Gasteiger charge is -2.28. The molecular weight excluding hydrogens is 308 g/mol. The highest BCUT2D eigenvalue weighted by Gasteiger charge is 2.19. The molecule has 1 aliphatic carbocycles. The van der Waals surface area contributed by atoms with Gasteiger partial charge in [0.1, 0.15) is 0 Å². The predicted molar refractivity (Wildman–Crippen MR) is 83.4 cm³/mol. The van der Waals surface area contributed by atoms with Gasteiger partial charge in [0, 0.05) is 10.9 Å². The van der Waals surface area contributed by atoms with Crippen LogP contribution in [-0.2, 0) is 6.42 Å². The fraction of sp³-hybridized carbons (Fsp3) is 0.714. The van der Waals surface area contributed by atoms with Crippen molar-refractivity contribution in [3.8, 4) is 0 Å². The minimum Gasteiger partial charge on any atom is -0.317 e. The van der Waals surface area contributed by atoms with Crippen LogP contribution >= 0.6 is 27.3 Å². The molecule has 0 spiro atoms. The highest BCUT2D eigenvalue weighted by Crippen LogP contribution is 2.24. The fourth-order valence-corrected chi connectivity index (χ4v) is 4.14. The summed E-state index contributed by atoms with van der Waals surface area (Å²) in [5, 5.41) is 7.01. The van der Waals surface area contributed by atoms with Gasteiger partial charge in [-0.2, -0.15) is 0 Å². The van der Waals surface area contributed by atoms with Crippen LogP contribution in [0.15, 0.2) is 15.9 Å². The quantitative estimate of drug-likeness (QED) is 0.781. The highest BCUT2D eigenvalue weighted by atomic mass is 79.9. The predicted octanol–water partition coefficient (Wildman–Crippen LogP) is 3.42. The number of rotatable bonds is 6. The van der Waals surface area contributed by atoms with E-state index < -0.39 is 0 Å². The van der Waals surface area contributed by atoms with E-state index in [1.165, 1.54) is 40.9 Å². The summed E-state index contributed by atoms with van der Waals surface area (Å²) in [5.41, 5.74) is 0. The van der Waals surface area contributed by atoms with E-state index in [-0.39, 0.29) is 0 Å². The Morgan fingerprint density at radius 3 is 2.67 bits per heavy atom. The second-order valence-corrected chi connectivity index (χ2v) is 7.71. The Morgan fingerprint density at radius 1 is 1.28 bits per heavy atom. The van der Waals surface area contributed by atoms with Crippen molar-refractivity contribution in [3.05, 3.63) is 20.8 Å². The molecule has 4 heteroatoms. The van der Waals surface area contributed by atoms with Crippen molar-refractivity contribution >= 4 is 27.3 Å². The lowest BCUT2D eigenvalue weighted by molar-refractivity contribution is 0.293. The second kappa shape index (κ2) is 7.63. The number of thiophene rings is 1. The van der Waals surface area contributed by atoms with Crippen molar-refractivity contribution < 1.29 is 0 Å². The summed E-state index contributed by atoms with van der Waals surface area (Å²) >= 11 is 5.35. The standard InChI is InChI=1S/C14H23BrN2S/c1-16-12-4-2-11(3-5-12)10-17-9-8-13-6-7-14(15)18-13/h6-7,11-12,16-17H,2-5,8-10H2,1H3. The van der Waals surface area contributed by atoms with Crippen molar-refractivity contribution in [2.45, 2.75) is 38.1 Å². The lowest BCUT2D eigenvalue weighted by atomic mass is 9.86. The molecule has 0 saturated heterocycles. The third-order valence-electron chi connectivity index (χ3n) is 3.87. The van der Waals surface area contributed by atoms with E-state index in [4.69, 9.17) is 0 Å². The molecule has 0 aromatic carbocycles. The Labute approximate surface area is 123 Å². The van der Waals surface area contributed by atoms with Crippen molar-refractivity contribution in [1.82, 2.24) is 10.6 Å². The van der Waals surface area contributed by atoms with Crippen molar-refractivity contribution in [2.75, 3.05) is 20.1 Å². The van der Waals surface area contributed by atoms with E-state index in [0.29, 0.717) is 0 Å². The molecule has 0 amide bonds. The molecule has 1 aliphatic rings. The largest absolute Gasteiger partial charge is 0.317 e. The van der Waals surface area contributed by atoms with Gasteiger partial charge >= 0.3 is 0 Å². The molecule has 1 aromatic rings. The Kier molecular flexibility index (Phi) is 6.15. The van der Waals surface area contributed by atoms with Gasteiger partial charge in [-0.05, 0) is 86.2 Å². The first-order valence-corrected chi connectivity index (χ1v) is 8.51. The molecule has 0 bridgehead atoms. The summed E-state index contributed by atoms with van der Waals surface area (Å²) in [6.45, 7) is 2.31. The van der Waals surface area contributed by atoms with Gasteiger partial charge < -0.3 is 10.6 Å². The molecule has 2 N–H and O–H groups in total. The van der Waals surface area contributed by atoms with Gasteiger partial charge in [-0.1, -0.05) is 0 Å². The fourth-order valence-electron chi connectivity index (χ4n) is 2.66. The van der Waals surface area contributed by atoms with Crippen LogP contribution in [0.4, 0.5) is 0 Å². The topological polar surface area (TPSA) is 24.1 Å². The summed E-state index contributed by atoms with van der Waals surface area (Å²) < 4.78 is 1.24. The van der Waals surface area contributed by atoms with Crippen molar-refractivity contribution in [1.29, 1.82) is 0 Å². The zero-order chi connectivity index (χ0) is 12.8. The summed E-state index contributed by atoms with van der Waals surface area (Å²) in [6.07, 6.45) is 6.61. The summed E-state index contributed by atoms with van der Waals surface area (Å²) in [4.78, 5) is 1.47. The van der Waals surface area contributed by atoms with E-state index in [1.807, 2.05) is 11.3 Å². The van der Waals surface area contributed by atoms with Gasteiger partial charge in [-0.25, -0.2) is 0 Å². The average Bonchev–Trinajstić information content (AvgIpc) is 2.81.